The van der Waals surface area contributed by atoms with E-state index in [1.165, 1.54) is 6.07 Å². The van der Waals surface area contributed by atoms with E-state index in [1.54, 1.807) is 18.2 Å². The summed E-state index contributed by atoms with van der Waals surface area (Å²) in [6.45, 7) is 4.66. The number of hydrogen-bond donors (Lipinski definition) is 1. The molecule has 0 atom stereocenters. The second-order valence-corrected chi connectivity index (χ2v) is 6.32. The van der Waals surface area contributed by atoms with Crippen molar-refractivity contribution in [1.82, 2.24) is 0 Å². The number of halogens is 4. The SMILES string of the molecule is CCOc1ccc(CCC(=O)Nc2ccc(Cl)cc2C(F)(F)F)cc1OCC. The molecular formula is C20H21ClF3NO3. The Morgan fingerprint density at radius 1 is 1.04 bits per heavy atom. The highest BCUT2D eigenvalue weighted by atomic mass is 35.5. The Balaban J connectivity index is 2.06. The van der Waals surface area contributed by atoms with Gasteiger partial charge in [-0.3, -0.25) is 4.79 Å². The van der Waals surface area contributed by atoms with E-state index < -0.39 is 17.6 Å². The van der Waals surface area contributed by atoms with Crippen molar-refractivity contribution in [2.24, 2.45) is 0 Å². The fourth-order valence-corrected chi connectivity index (χ4v) is 2.75. The zero-order chi connectivity index (χ0) is 20.7. The molecule has 0 unspecified atom stereocenters. The third kappa shape index (κ3) is 6.05. The summed E-state index contributed by atoms with van der Waals surface area (Å²) in [4.78, 5) is 12.2. The van der Waals surface area contributed by atoms with Gasteiger partial charge in [0.1, 0.15) is 0 Å². The van der Waals surface area contributed by atoms with Crippen molar-refractivity contribution in [2.75, 3.05) is 18.5 Å². The molecule has 0 aliphatic heterocycles. The normalized spacial score (nSPS) is 11.2. The van der Waals surface area contributed by atoms with Gasteiger partial charge in [0.25, 0.3) is 0 Å². The first-order valence-electron chi connectivity index (χ1n) is 8.79. The van der Waals surface area contributed by atoms with Gasteiger partial charge < -0.3 is 14.8 Å². The minimum absolute atomic E-state index is 0.0134. The number of hydrogen-bond acceptors (Lipinski definition) is 3. The molecule has 2 aromatic carbocycles. The van der Waals surface area contributed by atoms with Crippen LogP contribution in [0.5, 0.6) is 11.5 Å². The maximum Gasteiger partial charge on any atom is 0.418 e. The number of carbonyl (C=O) groups is 1. The number of amides is 1. The number of carbonyl (C=O) groups excluding carboxylic acids is 1. The highest BCUT2D eigenvalue weighted by Gasteiger charge is 2.34. The van der Waals surface area contributed by atoms with E-state index >= 15 is 0 Å². The molecule has 0 bridgehead atoms. The monoisotopic (exact) mass is 415 g/mol. The van der Waals surface area contributed by atoms with Crippen LogP contribution >= 0.6 is 11.6 Å². The van der Waals surface area contributed by atoms with Gasteiger partial charge in [-0.05, 0) is 56.2 Å². The molecule has 1 N–H and O–H groups in total. The zero-order valence-corrected chi connectivity index (χ0v) is 16.3. The first-order valence-corrected chi connectivity index (χ1v) is 9.17. The predicted octanol–water partition coefficient (Wildman–Crippen LogP) is 5.73. The summed E-state index contributed by atoms with van der Waals surface area (Å²) in [5, 5.41) is 2.26. The summed E-state index contributed by atoms with van der Waals surface area (Å²) in [6, 6.07) is 8.55. The molecule has 0 fully saturated rings. The lowest BCUT2D eigenvalue weighted by Crippen LogP contribution is -2.17. The van der Waals surface area contributed by atoms with Crippen molar-refractivity contribution >= 4 is 23.2 Å². The quantitative estimate of drug-likeness (QED) is 0.599. The standard InChI is InChI=1S/C20H21ClF3NO3/c1-3-27-17-9-5-13(11-18(17)28-4-2)6-10-19(26)25-16-8-7-14(21)12-15(16)20(22,23)24/h5,7-9,11-12H,3-4,6,10H2,1-2H3,(H,25,26). The number of aryl methyl sites for hydroxylation is 1. The van der Waals surface area contributed by atoms with E-state index in [9.17, 15) is 18.0 Å². The summed E-state index contributed by atoms with van der Waals surface area (Å²) < 4.78 is 50.4. The summed E-state index contributed by atoms with van der Waals surface area (Å²) in [5.74, 6) is 0.646. The van der Waals surface area contributed by atoms with Crippen molar-refractivity contribution in [3.63, 3.8) is 0 Å². The largest absolute Gasteiger partial charge is 0.490 e. The molecule has 0 spiro atoms. The lowest BCUT2D eigenvalue weighted by molar-refractivity contribution is -0.137. The maximum atomic E-state index is 13.1. The van der Waals surface area contributed by atoms with Gasteiger partial charge in [-0.15, -0.1) is 0 Å². The molecular weight excluding hydrogens is 395 g/mol. The van der Waals surface area contributed by atoms with Crippen LogP contribution < -0.4 is 14.8 Å². The highest BCUT2D eigenvalue weighted by Crippen LogP contribution is 2.36. The van der Waals surface area contributed by atoms with Gasteiger partial charge in [-0.25, -0.2) is 0 Å². The number of ether oxygens (including phenoxy) is 2. The molecule has 2 rings (SSSR count). The summed E-state index contributed by atoms with van der Waals surface area (Å²) in [7, 11) is 0. The number of nitrogens with one attached hydrogen (secondary N) is 1. The van der Waals surface area contributed by atoms with E-state index in [1.807, 2.05) is 13.8 Å². The fraction of sp³-hybridized carbons (Fsp3) is 0.350. The van der Waals surface area contributed by atoms with Crippen LogP contribution in [0, 0.1) is 0 Å². The molecule has 1 amide bonds. The Hall–Kier alpha value is -2.41. The minimum Gasteiger partial charge on any atom is -0.490 e. The van der Waals surface area contributed by atoms with Gasteiger partial charge in [0, 0.05) is 11.4 Å². The van der Waals surface area contributed by atoms with Gasteiger partial charge in [-0.2, -0.15) is 13.2 Å². The molecule has 8 heteroatoms. The van der Waals surface area contributed by atoms with Crippen molar-refractivity contribution < 1.29 is 27.4 Å². The Morgan fingerprint density at radius 2 is 1.71 bits per heavy atom. The topological polar surface area (TPSA) is 47.6 Å². The molecule has 0 saturated carbocycles. The van der Waals surface area contributed by atoms with Crippen LogP contribution in [-0.4, -0.2) is 19.1 Å². The van der Waals surface area contributed by atoms with Crippen LogP contribution in [0.4, 0.5) is 18.9 Å². The van der Waals surface area contributed by atoms with Crippen molar-refractivity contribution in [3.8, 4) is 11.5 Å². The van der Waals surface area contributed by atoms with Crippen LogP contribution in [0.1, 0.15) is 31.4 Å². The number of alkyl halides is 3. The zero-order valence-electron chi connectivity index (χ0n) is 15.5. The molecule has 2 aromatic rings. The average Bonchev–Trinajstić information content (AvgIpc) is 2.63. The average molecular weight is 416 g/mol. The first-order chi connectivity index (χ1) is 13.2. The number of anilines is 1. The molecule has 0 aromatic heterocycles. The van der Waals surface area contributed by atoms with Crippen LogP contribution in [-0.2, 0) is 17.4 Å². The van der Waals surface area contributed by atoms with Gasteiger partial charge in [-0.1, -0.05) is 17.7 Å². The van der Waals surface area contributed by atoms with Crippen LogP contribution in [0.3, 0.4) is 0 Å². The van der Waals surface area contributed by atoms with E-state index in [2.05, 4.69) is 5.32 Å². The second kappa shape index (κ2) is 9.68. The van der Waals surface area contributed by atoms with Crippen molar-refractivity contribution in [2.45, 2.75) is 32.9 Å². The Kier molecular flexibility index (Phi) is 7.57. The minimum atomic E-state index is -4.62. The van der Waals surface area contributed by atoms with Crippen molar-refractivity contribution in [3.05, 3.63) is 52.5 Å². The lowest BCUT2D eigenvalue weighted by atomic mass is 10.1. The van der Waals surface area contributed by atoms with E-state index in [0.717, 1.165) is 17.7 Å². The number of rotatable bonds is 8. The third-order valence-corrected chi connectivity index (χ3v) is 4.04. The summed E-state index contributed by atoms with van der Waals surface area (Å²) in [6.07, 6.45) is -4.26. The maximum absolute atomic E-state index is 13.1. The van der Waals surface area contributed by atoms with E-state index in [4.69, 9.17) is 21.1 Å². The Bertz CT molecular complexity index is 825. The molecule has 4 nitrogen and oxygen atoms in total. The molecule has 28 heavy (non-hydrogen) atoms. The molecule has 0 heterocycles. The van der Waals surface area contributed by atoms with Gasteiger partial charge in [0.05, 0.1) is 24.5 Å². The molecule has 0 radical (unpaired) electrons. The Labute approximate surface area is 166 Å². The second-order valence-electron chi connectivity index (χ2n) is 5.88. The predicted molar refractivity (Wildman–Crippen MR) is 102 cm³/mol. The van der Waals surface area contributed by atoms with E-state index in [-0.39, 0.29) is 17.1 Å². The fourth-order valence-electron chi connectivity index (χ4n) is 2.58. The van der Waals surface area contributed by atoms with Crippen LogP contribution in [0.15, 0.2) is 36.4 Å². The molecule has 0 aliphatic rings. The molecule has 0 saturated heterocycles. The lowest BCUT2D eigenvalue weighted by Gasteiger charge is -2.14. The van der Waals surface area contributed by atoms with E-state index in [0.29, 0.717) is 31.1 Å². The molecule has 0 aliphatic carbocycles. The van der Waals surface area contributed by atoms with Crippen molar-refractivity contribution in [1.29, 1.82) is 0 Å². The Morgan fingerprint density at radius 3 is 2.36 bits per heavy atom. The molecule has 152 valence electrons. The van der Waals surface area contributed by atoms with Crippen LogP contribution in [0.2, 0.25) is 5.02 Å². The summed E-state index contributed by atoms with van der Waals surface area (Å²) >= 11 is 5.64. The van der Waals surface area contributed by atoms with Crippen LogP contribution in [0.25, 0.3) is 0 Å². The first kappa shape index (κ1) is 21.9. The van der Waals surface area contributed by atoms with Gasteiger partial charge in [0.15, 0.2) is 11.5 Å². The highest BCUT2D eigenvalue weighted by molar-refractivity contribution is 6.30. The number of benzene rings is 2. The van der Waals surface area contributed by atoms with Gasteiger partial charge >= 0.3 is 6.18 Å². The summed E-state index contributed by atoms with van der Waals surface area (Å²) in [5.41, 5.74) is -0.481. The van der Waals surface area contributed by atoms with Gasteiger partial charge in [0.2, 0.25) is 5.91 Å². The third-order valence-electron chi connectivity index (χ3n) is 3.81. The smallest absolute Gasteiger partial charge is 0.418 e.